The molecule has 1 heterocycles. The second kappa shape index (κ2) is 9.31. The average molecular weight is 400 g/mol. The van der Waals surface area contributed by atoms with Crippen molar-refractivity contribution in [3.8, 4) is 11.8 Å². The largest absolute Gasteiger partial charge is 0.490 e. The highest BCUT2D eigenvalue weighted by atomic mass is 16.5. The third-order valence-corrected chi connectivity index (χ3v) is 4.97. The zero-order valence-corrected chi connectivity index (χ0v) is 16.6. The number of nitriles is 1. The first-order valence-corrected chi connectivity index (χ1v) is 10.0. The number of para-hydroxylation sites is 2. The summed E-state index contributed by atoms with van der Waals surface area (Å²) in [4.78, 5) is 3.39. The lowest BCUT2D eigenvalue weighted by molar-refractivity contribution is 0.108. The van der Waals surface area contributed by atoms with Crippen LogP contribution in [0.2, 0.25) is 0 Å². The van der Waals surface area contributed by atoms with E-state index in [0.29, 0.717) is 25.2 Å². The summed E-state index contributed by atoms with van der Waals surface area (Å²) in [6.45, 7) is 1.94. The lowest BCUT2D eigenvalue weighted by Crippen LogP contribution is -2.34. The number of H-pyrrole nitrogens is 1. The number of aliphatic hydroxyl groups is 1. The second-order valence-corrected chi connectivity index (χ2v) is 7.10. The van der Waals surface area contributed by atoms with E-state index in [1.54, 1.807) is 6.07 Å². The van der Waals surface area contributed by atoms with Crippen LogP contribution in [0.4, 0.5) is 5.69 Å². The Bertz CT molecular complexity index is 1180. The van der Waals surface area contributed by atoms with E-state index >= 15 is 0 Å². The molecule has 0 aliphatic carbocycles. The van der Waals surface area contributed by atoms with E-state index in [1.807, 2.05) is 54.6 Å². The number of fused-ring (bicyclic) bond motifs is 3. The first-order valence-electron chi connectivity index (χ1n) is 10.0. The predicted octanol–water partition coefficient (Wildman–Crippen LogP) is 3.63. The van der Waals surface area contributed by atoms with Gasteiger partial charge in [-0.05, 0) is 30.3 Å². The van der Waals surface area contributed by atoms with Gasteiger partial charge in [0.05, 0.1) is 16.8 Å². The molecule has 0 fully saturated rings. The van der Waals surface area contributed by atoms with E-state index in [2.05, 4.69) is 27.8 Å². The van der Waals surface area contributed by atoms with Crippen LogP contribution in [0, 0.1) is 11.3 Å². The molecule has 4 aromatic rings. The Balaban J connectivity index is 1.26. The van der Waals surface area contributed by atoms with Crippen LogP contribution in [0.15, 0.2) is 66.7 Å². The molecule has 1 unspecified atom stereocenters. The Morgan fingerprint density at radius 1 is 0.967 bits per heavy atom. The fraction of sp³-hybridized carbons (Fsp3) is 0.208. The molecule has 6 nitrogen and oxygen atoms in total. The fourth-order valence-corrected chi connectivity index (χ4v) is 3.52. The molecule has 30 heavy (non-hydrogen) atoms. The zero-order valence-electron chi connectivity index (χ0n) is 16.6. The van der Waals surface area contributed by atoms with E-state index in [4.69, 9.17) is 10.00 Å². The first kappa shape index (κ1) is 19.8. The van der Waals surface area contributed by atoms with E-state index in [9.17, 15) is 5.11 Å². The van der Waals surface area contributed by atoms with Crippen molar-refractivity contribution in [2.75, 3.05) is 31.6 Å². The molecule has 0 saturated carbocycles. The minimum atomic E-state index is -0.628. The van der Waals surface area contributed by atoms with Crippen LogP contribution in [0.3, 0.4) is 0 Å². The van der Waals surface area contributed by atoms with Gasteiger partial charge in [-0.1, -0.05) is 36.4 Å². The Hall–Kier alpha value is -3.53. The van der Waals surface area contributed by atoms with Gasteiger partial charge in [-0.3, -0.25) is 0 Å². The van der Waals surface area contributed by atoms with Crippen LogP contribution in [-0.4, -0.2) is 42.4 Å². The highest BCUT2D eigenvalue weighted by Gasteiger charge is 2.11. The Morgan fingerprint density at radius 3 is 2.67 bits per heavy atom. The van der Waals surface area contributed by atoms with E-state index in [1.165, 1.54) is 0 Å². The van der Waals surface area contributed by atoms with Crippen molar-refractivity contribution in [3.63, 3.8) is 0 Å². The number of aromatic amines is 1. The molecule has 1 atom stereocenters. The molecule has 6 heteroatoms. The van der Waals surface area contributed by atoms with Crippen molar-refractivity contribution in [2.24, 2.45) is 0 Å². The second-order valence-electron chi connectivity index (χ2n) is 7.10. The summed E-state index contributed by atoms with van der Waals surface area (Å²) in [5.41, 5.74) is 3.52. The van der Waals surface area contributed by atoms with Crippen LogP contribution in [0.25, 0.3) is 21.8 Å². The molecule has 0 saturated heterocycles. The van der Waals surface area contributed by atoms with Crippen LogP contribution in [-0.2, 0) is 0 Å². The molecular formula is C24H24N4O2. The van der Waals surface area contributed by atoms with E-state index in [0.717, 1.165) is 33.2 Å². The quantitative estimate of drug-likeness (QED) is 0.322. The van der Waals surface area contributed by atoms with Gasteiger partial charge in [-0.25, -0.2) is 0 Å². The smallest absolute Gasteiger partial charge is 0.129 e. The van der Waals surface area contributed by atoms with Crippen LogP contribution in [0.5, 0.6) is 5.75 Å². The zero-order chi connectivity index (χ0) is 20.8. The first-order chi connectivity index (χ1) is 14.8. The Labute approximate surface area is 175 Å². The molecule has 0 aliphatic heterocycles. The highest BCUT2D eigenvalue weighted by Crippen LogP contribution is 2.32. The third-order valence-electron chi connectivity index (χ3n) is 4.97. The maximum atomic E-state index is 10.3. The summed E-state index contributed by atoms with van der Waals surface area (Å²) in [5, 5.41) is 28.0. The number of rotatable bonds is 9. The fourth-order valence-electron chi connectivity index (χ4n) is 3.52. The number of aliphatic hydroxyl groups excluding tert-OH is 1. The molecule has 4 N–H and O–H groups in total. The lowest BCUT2D eigenvalue weighted by Gasteiger charge is -2.14. The monoisotopic (exact) mass is 400 g/mol. The SMILES string of the molecule is N#Cc1ccccc1NCCNCC(O)COc1cccc2[nH]c3ccccc3c12. The van der Waals surface area contributed by atoms with Crippen molar-refractivity contribution < 1.29 is 9.84 Å². The Morgan fingerprint density at radius 2 is 1.77 bits per heavy atom. The van der Waals surface area contributed by atoms with Crippen molar-refractivity contribution >= 4 is 27.5 Å². The molecule has 0 spiro atoms. The van der Waals surface area contributed by atoms with E-state index < -0.39 is 6.10 Å². The number of hydrogen-bond acceptors (Lipinski definition) is 5. The summed E-state index contributed by atoms with van der Waals surface area (Å²) in [7, 11) is 0. The molecule has 3 aromatic carbocycles. The number of hydrogen-bond donors (Lipinski definition) is 4. The highest BCUT2D eigenvalue weighted by molar-refractivity contribution is 6.10. The van der Waals surface area contributed by atoms with Crippen LogP contribution in [0.1, 0.15) is 5.56 Å². The van der Waals surface area contributed by atoms with Gasteiger partial charge >= 0.3 is 0 Å². The van der Waals surface area contributed by atoms with Crippen molar-refractivity contribution in [1.82, 2.24) is 10.3 Å². The van der Waals surface area contributed by atoms with Crippen LogP contribution < -0.4 is 15.4 Å². The predicted molar refractivity (Wildman–Crippen MR) is 120 cm³/mol. The molecule has 152 valence electrons. The van der Waals surface area contributed by atoms with Crippen molar-refractivity contribution in [1.29, 1.82) is 5.26 Å². The third kappa shape index (κ3) is 4.38. The summed E-state index contributed by atoms with van der Waals surface area (Å²) in [6.07, 6.45) is -0.628. The van der Waals surface area contributed by atoms with Crippen LogP contribution >= 0.6 is 0 Å². The summed E-state index contributed by atoms with van der Waals surface area (Å²) >= 11 is 0. The molecule has 0 radical (unpaired) electrons. The number of ether oxygens (including phenoxy) is 1. The maximum Gasteiger partial charge on any atom is 0.129 e. The number of aromatic nitrogens is 1. The minimum absolute atomic E-state index is 0.205. The molecule has 0 amide bonds. The maximum absolute atomic E-state index is 10.3. The number of anilines is 1. The van der Waals surface area contributed by atoms with E-state index in [-0.39, 0.29) is 6.61 Å². The van der Waals surface area contributed by atoms with Gasteiger partial charge in [-0.2, -0.15) is 5.26 Å². The molecular weight excluding hydrogens is 376 g/mol. The van der Waals surface area contributed by atoms with Crippen molar-refractivity contribution in [3.05, 3.63) is 72.3 Å². The topological polar surface area (TPSA) is 93.1 Å². The van der Waals surface area contributed by atoms with Gasteiger partial charge in [0, 0.05) is 35.9 Å². The van der Waals surface area contributed by atoms with Gasteiger partial charge in [-0.15, -0.1) is 0 Å². The van der Waals surface area contributed by atoms with Gasteiger partial charge in [0.25, 0.3) is 0 Å². The average Bonchev–Trinajstić information content (AvgIpc) is 3.17. The normalized spacial score (nSPS) is 12.0. The standard InChI is InChI=1S/C24H24N4O2/c25-14-17-6-1-3-8-20(17)27-13-12-26-15-18(29)16-30-23-11-5-10-22-24(23)19-7-2-4-9-21(19)28-22/h1-11,18,26-29H,12-13,15-16H2. The molecule has 4 rings (SSSR count). The number of nitrogens with one attached hydrogen (secondary N) is 3. The number of benzene rings is 3. The molecule has 1 aromatic heterocycles. The minimum Gasteiger partial charge on any atom is -0.490 e. The summed E-state index contributed by atoms with van der Waals surface area (Å²) < 4.78 is 5.94. The van der Waals surface area contributed by atoms with Gasteiger partial charge in [0.15, 0.2) is 0 Å². The molecule has 0 bridgehead atoms. The van der Waals surface area contributed by atoms with Crippen molar-refractivity contribution in [2.45, 2.75) is 6.10 Å². The van der Waals surface area contributed by atoms with Gasteiger partial charge < -0.3 is 25.5 Å². The summed E-state index contributed by atoms with van der Waals surface area (Å²) in [5.74, 6) is 0.763. The van der Waals surface area contributed by atoms with Gasteiger partial charge in [0.1, 0.15) is 24.5 Å². The van der Waals surface area contributed by atoms with Gasteiger partial charge in [0.2, 0.25) is 0 Å². The molecule has 0 aliphatic rings. The summed E-state index contributed by atoms with van der Waals surface area (Å²) in [6, 6.07) is 23.6. The lowest BCUT2D eigenvalue weighted by atomic mass is 10.1. The Kier molecular flexibility index (Phi) is 6.14. The number of nitrogens with zero attached hydrogens (tertiary/aromatic N) is 1.